The average Bonchev–Trinajstić information content (AvgIpc) is 2.74. The van der Waals surface area contributed by atoms with Crippen molar-refractivity contribution in [1.29, 1.82) is 0 Å². The Morgan fingerprint density at radius 1 is 1.07 bits per heavy atom. The largest absolute Gasteiger partial charge is 0.456 e. The van der Waals surface area contributed by atoms with Gasteiger partial charge in [0, 0.05) is 45.2 Å². The van der Waals surface area contributed by atoms with Gasteiger partial charge in [-0.15, -0.1) is 0 Å². The Balaban J connectivity index is 1.58. The fourth-order valence-electron chi connectivity index (χ4n) is 3.24. The Morgan fingerprint density at radius 2 is 1.93 bits per heavy atom. The second-order valence-electron chi connectivity index (χ2n) is 6.99. The molecule has 5 nitrogen and oxygen atoms in total. The first-order valence-corrected chi connectivity index (χ1v) is 10.6. The number of aromatic nitrogens is 2. The van der Waals surface area contributed by atoms with E-state index in [1.54, 1.807) is 18.6 Å². The van der Waals surface area contributed by atoms with Crippen molar-refractivity contribution in [2.45, 2.75) is 20.4 Å². The van der Waals surface area contributed by atoms with Gasteiger partial charge >= 0.3 is 0 Å². The maximum absolute atomic E-state index is 12.8. The number of benzene rings is 2. The van der Waals surface area contributed by atoms with E-state index < -0.39 is 0 Å². The molecule has 0 fully saturated rings. The van der Waals surface area contributed by atoms with Crippen LogP contribution in [0, 0.1) is 17.4 Å². The minimum atomic E-state index is -0.136. The number of hydrogen-bond acceptors (Lipinski definition) is 4. The zero-order valence-electron chi connectivity index (χ0n) is 16.6. The van der Waals surface area contributed by atoms with E-state index in [4.69, 9.17) is 4.74 Å². The van der Waals surface area contributed by atoms with E-state index in [0.717, 1.165) is 31.2 Å². The lowest BCUT2D eigenvalue weighted by Crippen LogP contribution is -2.24. The Bertz CT molecular complexity index is 1240. The number of fused-ring (bicyclic) bond motifs is 1. The molecule has 2 aromatic carbocycles. The quantitative estimate of drug-likeness (QED) is 0.357. The first kappa shape index (κ1) is 20.3. The molecule has 0 unspecified atom stereocenters. The van der Waals surface area contributed by atoms with E-state index in [9.17, 15) is 4.79 Å². The number of nitrogens with one attached hydrogen (secondary N) is 1. The van der Waals surface area contributed by atoms with E-state index in [1.807, 2.05) is 62.4 Å². The van der Waals surface area contributed by atoms with Gasteiger partial charge in [0.15, 0.2) is 0 Å². The van der Waals surface area contributed by atoms with Gasteiger partial charge in [-0.25, -0.2) is 0 Å². The molecule has 0 atom stereocenters. The molecule has 2 heterocycles. The number of nitrogens with zero attached hydrogens (tertiary/aromatic N) is 2. The summed E-state index contributed by atoms with van der Waals surface area (Å²) in [6, 6.07) is 15.3. The third kappa shape index (κ3) is 4.28. The van der Waals surface area contributed by atoms with Crippen LogP contribution in [-0.4, -0.2) is 15.9 Å². The molecular weight excluding hydrogens is 489 g/mol. The monoisotopic (exact) mass is 509 g/mol. The van der Waals surface area contributed by atoms with E-state index in [0.29, 0.717) is 23.6 Å². The molecule has 0 radical (unpaired) electrons. The summed E-state index contributed by atoms with van der Waals surface area (Å²) in [5.74, 6) is 1.22. The van der Waals surface area contributed by atoms with Crippen molar-refractivity contribution >= 4 is 39.4 Å². The molecule has 0 bridgehead atoms. The van der Waals surface area contributed by atoms with Crippen molar-refractivity contribution in [3.63, 3.8) is 0 Å². The molecule has 4 aromatic rings. The predicted octanol–water partition coefficient (Wildman–Crippen LogP) is 5.57. The summed E-state index contributed by atoms with van der Waals surface area (Å²) in [6.07, 6.45) is 5.26. The van der Waals surface area contributed by atoms with Crippen LogP contribution in [0.5, 0.6) is 11.5 Å². The summed E-state index contributed by atoms with van der Waals surface area (Å²) in [7, 11) is 0. The summed E-state index contributed by atoms with van der Waals surface area (Å²) in [5, 5.41) is 3.92. The van der Waals surface area contributed by atoms with E-state index >= 15 is 0 Å². The molecule has 30 heavy (non-hydrogen) atoms. The Labute approximate surface area is 188 Å². The summed E-state index contributed by atoms with van der Waals surface area (Å²) >= 11 is 2.27. The number of pyridine rings is 2. The van der Waals surface area contributed by atoms with Crippen molar-refractivity contribution < 1.29 is 9.53 Å². The lowest BCUT2D eigenvalue weighted by atomic mass is 10.1. The van der Waals surface area contributed by atoms with Crippen molar-refractivity contribution in [3.8, 4) is 11.5 Å². The van der Waals surface area contributed by atoms with Crippen LogP contribution in [0.25, 0.3) is 10.9 Å². The number of ether oxygens (including phenoxy) is 1. The number of carbonyl (C=O) groups is 1. The SMILES string of the molecule is Cc1cnccc1CNC(=O)c1cccc(Oc2ccnc3cc(I)ccc23)c1C. The second kappa shape index (κ2) is 8.79. The lowest BCUT2D eigenvalue weighted by molar-refractivity contribution is 0.0950. The summed E-state index contributed by atoms with van der Waals surface area (Å²) in [5.41, 5.74) is 4.34. The number of rotatable bonds is 5. The van der Waals surface area contributed by atoms with Crippen LogP contribution in [0.4, 0.5) is 0 Å². The van der Waals surface area contributed by atoms with Gasteiger partial charge in [0.05, 0.1) is 5.52 Å². The van der Waals surface area contributed by atoms with Crippen LogP contribution >= 0.6 is 22.6 Å². The number of carbonyl (C=O) groups excluding carboxylic acids is 1. The van der Waals surface area contributed by atoms with Gasteiger partial charge in [-0.1, -0.05) is 6.07 Å². The Hall–Kier alpha value is -3.00. The van der Waals surface area contributed by atoms with Gasteiger partial charge in [0.1, 0.15) is 11.5 Å². The molecule has 0 aliphatic heterocycles. The topological polar surface area (TPSA) is 64.1 Å². The van der Waals surface area contributed by atoms with Crippen molar-refractivity contribution in [2.24, 2.45) is 0 Å². The van der Waals surface area contributed by atoms with Gasteiger partial charge < -0.3 is 10.1 Å². The van der Waals surface area contributed by atoms with Gasteiger partial charge in [0.2, 0.25) is 0 Å². The molecule has 0 aliphatic carbocycles. The highest BCUT2D eigenvalue weighted by Crippen LogP contribution is 2.32. The fraction of sp³-hybridized carbons (Fsp3) is 0.125. The molecule has 0 spiro atoms. The molecule has 1 N–H and O–H groups in total. The minimum Gasteiger partial charge on any atom is -0.456 e. The highest BCUT2D eigenvalue weighted by Gasteiger charge is 2.14. The summed E-state index contributed by atoms with van der Waals surface area (Å²) in [6.45, 7) is 4.33. The fourth-order valence-corrected chi connectivity index (χ4v) is 3.72. The van der Waals surface area contributed by atoms with E-state index in [-0.39, 0.29) is 5.91 Å². The van der Waals surface area contributed by atoms with Crippen LogP contribution in [0.15, 0.2) is 67.1 Å². The summed E-state index contributed by atoms with van der Waals surface area (Å²) < 4.78 is 7.32. The molecule has 0 aliphatic rings. The van der Waals surface area contributed by atoms with Crippen LogP contribution in [-0.2, 0) is 6.54 Å². The van der Waals surface area contributed by atoms with Gasteiger partial charge in [-0.05, 0) is 90.0 Å². The molecule has 4 rings (SSSR count). The molecule has 2 aromatic heterocycles. The Kier molecular flexibility index (Phi) is 5.94. The van der Waals surface area contributed by atoms with E-state index in [2.05, 4.69) is 37.9 Å². The maximum Gasteiger partial charge on any atom is 0.251 e. The molecule has 150 valence electrons. The Morgan fingerprint density at radius 3 is 2.77 bits per heavy atom. The molecular formula is C24H20IN3O2. The zero-order valence-corrected chi connectivity index (χ0v) is 18.8. The van der Waals surface area contributed by atoms with Gasteiger partial charge in [-0.2, -0.15) is 0 Å². The third-order valence-electron chi connectivity index (χ3n) is 4.99. The standard InChI is InChI=1S/C24H20IN3O2/c1-15-13-26-10-8-17(15)14-28-24(29)19-4-3-5-22(16(19)2)30-23-9-11-27-21-12-18(25)6-7-20(21)23/h3-13H,14H2,1-2H3,(H,28,29). The molecule has 1 amide bonds. The van der Waals surface area contributed by atoms with Crippen LogP contribution in [0.3, 0.4) is 0 Å². The van der Waals surface area contributed by atoms with E-state index in [1.165, 1.54) is 0 Å². The highest BCUT2D eigenvalue weighted by molar-refractivity contribution is 14.1. The van der Waals surface area contributed by atoms with Crippen LogP contribution < -0.4 is 10.1 Å². The highest BCUT2D eigenvalue weighted by atomic mass is 127. The van der Waals surface area contributed by atoms with Crippen molar-refractivity contribution in [2.75, 3.05) is 0 Å². The zero-order chi connectivity index (χ0) is 21.1. The smallest absolute Gasteiger partial charge is 0.251 e. The molecule has 0 saturated carbocycles. The van der Waals surface area contributed by atoms with Crippen LogP contribution in [0.2, 0.25) is 0 Å². The van der Waals surface area contributed by atoms with Crippen molar-refractivity contribution in [3.05, 3.63) is 92.9 Å². The van der Waals surface area contributed by atoms with Gasteiger partial charge in [0.25, 0.3) is 5.91 Å². The average molecular weight is 509 g/mol. The van der Waals surface area contributed by atoms with Crippen LogP contribution in [0.1, 0.15) is 27.0 Å². The summed E-state index contributed by atoms with van der Waals surface area (Å²) in [4.78, 5) is 21.3. The lowest BCUT2D eigenvalue weighted by Gasteiger charge is -2.14. The normalized spacial score (nSPS) is 10.8. The maximum atomic E-state index is 12.8. The third-order valence-corrected chi connectivity index (χ3v) is 5.66. The number of hydrogen-bond donors (Lipinski definition) is 1. The predicted molar refractivity (Wildman–Crippen MR) is 126 cm³/mol. The first-order chi connectivity index (χ1) is 14.5. The first-order valence-electron chi connectivity index (χ1n) is 9.52. The molecule has 0 saturated heterocycles. The minimum absolute atomic E-state index is 0.136. The number of amides is 1. The van der Waals surface area contributed by atoms with Crippen molar-refractivity contribution in [1.82, 2.24) is 15.3 Å². The second-order valence-corrected chi connectivity index (χ2v) is 8.23. The number of aryl methyl sites for hydroxylation is 1. The van der Waals surface area contributed by atoms with Gasteiger partial charge in [-0.3, -0.25) is 14.8 Å². The molecule has 6 heteroatoms. The number of halogens is 1.